The molecule has 0 amide bonds. The highest BCUT2D eigenvalue weighted by atomic mass is 28.4. The smallest absolute Gasteiger partial charge is 0.184 e. The van der Waals surface area contributed by atoms with Crippen molar-refractivity contribution in [1.82, 2.24) is 0 Å². The molecule has 0 fully saturated rings. The molecular formula is C12H24O3Si. The van der Waals surface area contributed by atoms with E-state index in [0.717, 1.165) is 0 Å². The van der Waals surface area contributed by atoms with Crippen LogP contribution in [0.3, 0.4) is 0 Å². The number of hydrogen-bond acceptors (Lipinski definition) is 3. The van der Waals surface area contributed by atoms with Crippen LogP contribution in [0.5, 0.6) is 0 Å². The zero-order chi connectivity index (χ0) is 13.1. The van der Waals surface area contributed by atoms with Crippen LogP contribution >= 0.6 is 0 Å². The summed E-state index contributed by atoms with van der Waals surface area (Å²) < 4.78 is 5.65. The Balaban J connectivity index is 4.33. The molecule has 0 aromatic carbocycles. The van der Waals surface area contributed by atoms with E-state index in [1.54, 1.807) is 6.92 Å². The highest BCUT2D eigenvalue weighted by molar-refractivity contribution is 6.69. The number of carbonyl (C=O) groups excluding carboxylic acids is 2. The predicted molar refractivity (Wildman–Crippen MR) is 68.0 cm³/mol. The van der Waals surface area contributed by atoms with Crippen molar-refractivity contribution in [3.63, 3.8) is 0 Å². The van der Waals surface area contributed by atoms with Gasteiger partial charge >= 0.3 is 0 Å². The van der Waals surface area contributed by atoms with E-state index in [1.165, 1.54) is 0 Å². The fourth-order valence-electron chi connectivity index (χ4n) is 1.16. The van der Waals surface area contributed by atoms with Crippen LogP contribution in [-0.4, -0.2) is 26.0 Å². The molecule has 0 aliphatic heterocycles. The van der Waals surface area contributed by atoms with Crippen LogP contribution in [0.25, 0.3) is 0 Å². The standard InChI is InChI=1S/C12H24O3Si/c1-9(15-16(5,6)7)10(13)8-11(14)12(2,3)4/h9H,8H2,1-7H3. The summed E-state index contributed by atoms with van der Waals surface area (Å²) in [6, 6.07) is 0. The Hall–Kier alpha value is -0.483. The minimum Gasteiger partial charge on any atom is -0.408 e. The average molecular weight is 244 g/mol. The van der Waals surface area contributed by atoms with Gasteiger partial charge in [0.05, 0.1) is 6.42 Å². The van der Waals surface area contributed by atoms with E-state index in [-0.39, 0.29) is 18.0 Å². The molecule has 0 aromatic rings. The summed E-state index contributed by atoms with van der Waals surface area (Å²) in [7, 11) is -1.71. The van der Waals surface area contributed by atoms with E-state index < -0.39 is 19.8 Å². The van der Waals surface area contributed by atoms with Crippen molar-refractivity contribution in [3.8, 4) is 0 Å². The second-order valence-corrected chi connectivity index (χ2v) is 10.6. The minimum absolute atomic E-state index is 0.0187. The predicted octanol–water partition coefficient (Wildman–Crippen LogP) is 2.80. The normalized spacial score (nSPS) is 14.7. The summed E-state index contributed by atoms with van der Waals surface area (Å²) in [6.45, 7) is 13.3. The lowest BCUT2D eigenvalue weighted by atomic mass is 9.87. The number of rotatable bonds is 5. The van der Waals surface area contributed by atoms with E-state index >= 15 is 0 Å². The van der Waals surface area contributed by atoms with E-state index in [0.29, 0.717) is 0 Å². The van der Waals surface area contributed by atoms with Gasteiger partial charge in [0.25, 0.3) is 0 Å². The Morgan fingerprint density at radius 1 is 1.19 bits per heavy atom. The van der Waals surface area contributed by atoms with Gasteiger partial charge in [0.1, 0.15) is 11.9 Å². The van der Waals surface area contributed by atoms with Crippen molar-refractivity contribution >= 4 is 19.9 Å². The molecule has 3 nitrogen and oxygen atoms in total. The summed E-state index contributed by atoms with van der Waals surface area (Å²) in [4.78, 5) is 23.4. The molecule has 0 saturated carbocycles. The maximum atomic E-state index is 11.8. The summed E-state index contributed by atoms with van der Waals surface area (Å²) in [5, 5.41) is 0. The molecular weight excluding hydrogens is 220 g/mol. The number of ketones is 2. The van der Waals surface area contributed by atoms with Crippen LogP contribution in [0.2, 0.25) is 19.6 Å². The molecule has 1 atom stereocenters. The molecule has 0 aliphatic carbocycles. The fraction of sp³-hybridized carbons (Fsp3) is 0.833. The Bertz CT molecular complexity index is 271. The van der Waals surface area contributed by atoms with E-state index in [4.69, 9.17) is 4.43 Å². The molecule has 0 radical (unpaired) electrons. The van der Waals surface area contributed by atoms with E-state index in [9.17, 15) is 9.59 Å². The van der Waals surface area contributed by atoms with Crippen LogP contribution in [-0.2, 0) is 14.0 Å². The number of Topliss-reactive ketones (excluding diaryl/α,β-unsaturated/α-hetero) is 2. The first-order valence-electron chi connectivity index (χ1n) is 5.67. The summed E-state index contributed by atoms with van der Waals surface area (Å²) in [5.41, 5.74) is -0.450. The topological polar surface area (TPSA) is 43.4 Å². The quantitative estimate of drug-likeness (QED) is 0.552. The van der Waals surface area contributed by atoms with Gasteiger partial charge < -0.3 is 4.43 Å². The third kappa shape index (κ3) is 6.18. The molecule has 0 rings (SSSR count). The molecule has 0 N–H and O–H groups in total. The van der Waals surface area contributed by atoms with Crippen molar-refractivity contribution in [2.45, 2.75) is 59.9 Å². The third-order valence-corrected chi connectivity index (χ3v) is 3.22. The van der Waals surface area contributed by atoms with Crippen LogP contribution < -0.4 is 0 Å². The second kappa shape index (κ2) is 5.23. The molecule has 0 aliphatic rings. The van der Waals surface area contributed by atoms with Crippen LogP contribution in [0.1, 0.15) is 34.1 Å². The largest absolute Gasteiger partial charge is 0.408 e. The zero-order valence-electron chi connectivity index (χ0n) is 11.5. The lowest BCUT2D eigenvalue weighted by molar-refractivity contribution is -0.134. The molecule has 0 saturated heterocycles. The van der Waals surface area contributed by atoms with Gasteiger partial charge in [-0.05, 0) is 26.6 Å². The molecule has 0 heterocycles. The highest BCUT2D eigenvalue weighted by Crippen LogP contribution is 2.18. The molecule has 16 heavy (non-hydrogen) atoms. The van der Waals surface area contributed by atoms with Gasteiger partial charge in [0.15, 0.2) is 14.1 Å². The Morgan fingerprint density at radius 2 is 1.62 bits per heavy atom. The Labute approximate surface area is 99.7 Å². The van der Waals surface area contributed by atoms with Gasteiger partial charge in [0.2, 0.25) is 0 Å². The van der Waals surface area contributed by atoms with Crippen molar-refractivity contribution in [2.24, 2.45) is 5.41 Å². The Morgan fingerprint density at radius 3 is 1.94 bits per heavy atom. The first-order chi connectivity index (χ1) is 6.93. The van der Waals surface area contributed by atoms with E-state index in [2.05, 4.69) is 0 Å². The van der Waals surface area contributed by atoms with Gasteiger partial charge in [0, 0.05) is 5.41 Å². The Kier molecular flexibility index (Phi) is 5.07. The number of hydrogen-bond donors (Lipinski definition) is 0. The third-order valence-electron chi connectivity index (χ3n) is 2.16. The zero-order valence-corrected chi connectivity index (χ0v) is 12.5. The van der Waals surface area contributed by atoms with Crippen LogP contribution in [0.15, 0.2) is 0 Å². The van der Waals surface area contributed by atoms with Gasteiger partial charge in [-0.1, -0.05) is 20.8 Å². The van der Waals surface area contributed by atoms with Gasteiger partial charge in [-0.25, -0.2) is 0 Å². The van der Waals surface area contributed by atoms with Crippen molar-refractivity contribution in [1.29, 1.82) is 0 Å². The first kappa shape index (κ1) is 15.5. The monoisotopic (exact) mass is 244 g/mol. The average Bonchev–Trinajstić information content (AvgIpc) is 1.98. The molecule has 0 aromatic heterocycles. The van der Waals surface area contributed by atoms with Crippen LogP contribution in [0.4, 0.5) is 0 Å². The highest BCUT2D eigenvalue weighted by Gasteiger charge is 2.28. The minimum atomic E-state index is -1.71. The summed E-state index contributed by atoms with van der Waals surface area (Å²) in [5.74, 6) is -0.133. The molecule has 94 valence electrons. The lowest BCUT2D eigenvalue weighted by Crippen LogP contribution is -2.36. The first-order valence-corrected chi connectivity index (χ1v) is 9.08. The van der Waals surface area contributed by atoms with E-state index in [1.807, 2.05) is 40.4 Å². The summed E-state index contributed by atoms with van der Waals surface area (Å²) in [6.07, 6.45) is -0.479. The maximum absolute atomic E-state index is 11.8. The lowest BCUT2D eigenvalue weighted by Gasteiger charge is -2.23. The van der Waals surface area contributed by atoms with Crippen molar-refractivity contribution < 1.29 is 14.0 Å². The van der Waals surface area contributed by atoms with Gasteiger partial charge in [-0.2, -0.15) is 0 Å². The van der Waals surface area contributed by atoms with Crippen LogP contribution in [0, 0.1) is 5.41 Å². The number of carbonyl (C=O) groups is 2. The molecule has 0 spiro atoms. The van der Waals surface area contributed by atoms with Gasteiger partial charge in [-0.15, -0.1) is 0 Å². The van der Waals surface area contributed by atoms with Gasteiger partial charge in [-0.3, -0.25) is 9.59 Å². The molecule has 4 heteroatoms. The molecule has 0 bridgehead atoms. The SMILES string of the molecule is CC(O[Si](C)(C)C)C(=O)CC(=O)C(C)(C)C. The maximum Gasteiger partial charge on any atom is 0.184 e. The fourth-order valence-corrected chi connectivity index (χ4v) is 2.36. The molecule has 1 unspecified atom stereocenters. The van der Waals surface area contributed by atoms with Crippen molar-refractivity contribution in [3.05, 3.63) is 0 Å². The summed E-state index contributed by atoms with van der Waals surface area (Å²) >= 11 is 0. The van der Waals surface area contributed by atoms with Crippen molar-refractivity contribution in [2.75, 3.05) is 0 Å². The second-order valence-electron chi connectivity index (χ2n) is 6.19.